The van der Waals surface area contributed by atoms with Crippen LogP contribution in [0.2, 0.25) is 0 Å². The largest absolute Gasteiger partial charge is 0.370 e. The second-order valence-corrected chi connectivity index (χ2v) is 6.55. The van der Waals surface area contributed by atoms with E-state index in [-0.39, 0.29) is 17.7 Å². The number of hydrogen-bond donors (Lipinski definition) is 1. The molecule has 1 saturated carbocycles. The molecule has 2 fully saturated rings. The minimum Gasteiger partial charge on any atom is -0.370 e. The van der Waals surface area contributed by atoms with Crippen LogP contribution in [0.4, 0.5) is 0 Å². The molecule has 2 N–H and O–H groups in total. The normalized spacial score (nSPS) is 22.9. The van der Waals surface area contributed by atoms with Gasteiger partial charge in [0, 0.05) is 25.7 Å². The molecule has 2 heterocycles. The molecule has 1 aliphatic heterocycles. The highest BCUT2D eigenvalue weighted by Gasteiger charge is 2.27. The maximum absolute atomic E-state index is 12.6. The Bertz CT molecular complexity index is 548. The summed E-state index contributed by atoms with van der Waals surface area (Å²) in [6.45, 7) is 1.35. The smallest absolute Gasteiger partial charge is 0.274 e. The van der Waals surface area contributed by atoms with Crippen molar-refractivity contribution in [1.29, 1.82) is 0 Å². The van der Waals surface area contributed by atoms with E-state index in [1.54, 1.807) is 0 Å². The van der Waals surface area contributed by atoms with Crippen molar-refractivity contribution >= 4 is 11.8 Å². The van der Waals surface area contributed by atoms with Crippen molar-refractivity contribution < 1.29 is 9.59 Å². The molecule has 22 heavy (non-hydrogen) atoms. The molecule has 2 amide bonds. The maximum atomic E-state index is 12.6. The Morgan fingerprint density at radius 2 is 2.00 bits per heavy atom. The summed E-state index contributed by atoms with van der Waals surface area (Å²) < 4.78 is 1.95. The van der Waals surface area contributed by atoms with Crippen LogP contribution in [-0.4, -0.2) is 39.6 Å². The Balaban J connectivity index is 1.64. The van der Waals surface area contributed by atoms with Crippen molar-refractivity contribution in [2.24, 2.45) is 11.7 Å². The topological polar surface area (TPSA) is 81.2 Å². The Hall–Kier alpha value is -1.85. The summed E-state index contributed by atoms with van der Waals surface area (Å²) in [5, 5.41) is 4.49. The highest BCUT2D eigenvalue weighted by molar-refractivity contribution is 5.92. The highest BCUT2D eigenvalue weighted by atomic mass is 16.2. The maximum Gasteiger partial charge on any atom is 0.274 e. The molecule has 2 aliphatic rings. The number of carbonyl (C=O) groups is 2. The van der Waals surface area contributed by atoms with Gasteiger partial charge in [-0.25, -0.2) is 0 Å². The van der Waals surface area contributed by atoms with E-state index in [2.05, 4.69) is 5.10 Å². The molecule has 3 rings (SSSR count). The Kier molecular flexibility index (Phi) is 4.45. The van der Waals surface area contributed by atoms with E-state index in [0.29, 0.717) is 24.7 Å². The highest BCUT2D eigenvalue weighted by Crippen LogP contribution is 2.29. The van der Waals surface area contributed by atoms with Gasteiger partial charge >= 0.3 is 0 Å². The summed E-state index contributed by atoms with van der Waals surface area (Å²) in [5.74, 6) is -0.122. The standard InChI is InChI=1S/C16H24N4O2/c17-15(21)10-12-4-3-8-19(11-12)16(22)14-7-9-20(18-14)13-5-1-2-6-13/h7,9,12-13H,1-6,8,10-11H2,(H2,17,21). The summed E-state index contributed by atoms with van der Waals surface area (Å²) >= 11 is 0. The van der Waals surface area contributed by atoms with Gasteiger partial charge in [-0.15, -0.1) is 0 Å². The predicted octanol–water partition coefficient (Wildman–Crippen LogP) is 1.73. The number of likely N-dealkylation sites (tertiary alicyclic amines) is 1. The van der Waals surface area contributed by atoms with Crippen LogP contribution in [0.1, 0.15) is 61.5 Å². The average Bonchev–Trinajstić information content (AvgIpc) is 3.17. The van der Waals surface area contributed by atoms with E-state index in [4.69, 9.17) is 5.73 Å². The fraction of sp³-hybridized carbons (Fsp3) is 0.688. The second-order valence-electron chi connectivity index (χ2n) is 6.55. The van der Waals surface area contributed by atoms with Crippen molar-refractivity contribution in [3.8, 4) is 0 Å². The third kappa shape index (κ3) is 3.31. The first-order chi connectivity index (χ1) is 10.6. The van der Waals surface area contributed by atoms with Gasteiger partial charge in [-0.2, -0.15) is 5.10 Å². The number of aromatic nitrogens is 2. The molecule has 6 nitrogen and oxygen atoms in total. The zero-order chi connectivity index (χ0) is 15.5. The molecule has 0 spiro atoms. The van der Waals surface area contributed by atoms with E-state index < -0.39 is 0 Å². The van der Waals surface area contributed by atoms with Gasteiger partial charge in [0.15, 0.2) is 0 Å². The Morgan fingerprint density at radius 1 is 1.23 bits per heavy atom. The lowest BCUT2D eigenvalue weighted by Crippen LogP contribution is -2.41. The number of carbonyl (C=O) groups excluding carboxylic acids is 2. The molecule has 6 heteroatoms. The first kappa shape index (κ1) is 15.1. The van der Waals surface area contributed by atoms with Gasteiger partial charge in [0.05, 0.1) is 6.04 Å². The zero-order valence-electron chi connectivity index (χ0n) is 12.9. The number of hydrogen-bond acceptors (Lipinski definition) is 3. The van der Waals surface area contributed by atoms with Crippen molar-refractivity contribution in [1.82, 2.24) is 14.7 Å². The van der Waals surface area contributed by atoms with Gasteiger partial charge in [-0.3, -0.25) is 14.3 Å². The molecular weight excluding hydrogens is 280 g/mol. The summed E-state index contributed by atoms with van der Waals surface area (Å²) in [4.78, 5) is 25.5. The monoisotopic (exact) mass is 304 g/mol. The number of rotatable bonds is 4. The van der Waals surface area contributed by atoms with E-state index in [9.17, 15) is 9.59 Å². The molecule has 0 radical (unpaired) electrons. The summed E-state index contributed by atoms with van der Waals surface area (Å²) in [5.41, 5.74) is 5.79. The van der Waals surface area contributed by atoms with Crippen LogP contribution in [-0.2, 0) is 4.79 Å². The fourth-order valence-electron chi connectivity index (χ4n) is 3.69. The lowest BCUT2D eigenvalue weighted by Gasteiger charge is -2.31. The van der Waals surface area contributed by atoms with Gasteiger partial charge in [-0.05, 0) is 37.7 Å². The molecule has 0 aromatic carbocycles. The minimum absolute atomic E-state index is 0.0223. The van der Waals surface area contributed by atoms with Crippen LogP contribution < -0.4 is 5.73 Å². The summed E-state index contributed by atoms with van der Waals surface area (Å²) in [6, 6.07) is 2.27. The van der Waals surface area contributed by atoms with Crippen LogP contribution in [0, 0.1) is 5.92 Å². The van der Waals surface area contributed by atoms with Crippen molar-refractivity contribution in [3.63, 3.8) is 0 Å². The van der Waals surface area contributed by atoms with Crippen molar-refractivity contribution in [3.05, 3.63) is 18.0 Å². The van der Waals surface area contributed by atoms with Gasteiger partial charge < -0.3 is 10.6 Å². The SMILES string of the molecule is NC(=O)CC1CCCN(C(=O)c2ccn(C3CCCC3)n2)C1. The average molecular weight is 304 g/mol. The Morgan fingerprint density at radius 3 is 2.73 bits per heavy atom. The zero-order valence-corrected chi connectivity index (χ0v) is 12.9. The lowest BCUT2D eigenvalue weighted by atomic mass is 9.94. The molecule has 120 valence electrons. The summed E-state index contributed by atoms with van der Waals surface area (Å²) in [7, 11) is 0. The van der Waals surface area contributed by atoms with E-state index in [1.165, 1.54) is 12.8 Å². The van der Waals surface area contributed by atoms with E-state index in [1.807, 2.05) is 21.8 Å². The number of nitrogens with zero attached hydrogens (tertiary/aromatic N) is 3. The van der Waals surface area contributed by atoms with Gasteiger partial charge in [-0.1, -0.05) is 12.8 Å². The third-order valence-electron chi connectivity index (χ3n) is 4.82. The van der Waals surface area contributed by atoms with Gasteiger partial charge in [0.25, 0.3) is 5.91 Å². The predicted molar refractivity (Wildman–Crippen MR) is 82.2 cm³/mol. The molecule has 1 saturated heterocycles. The van der Waals surface area contributed by atoms with E-state index in [0.717, 1.165) is 32.2 Å². The molecule has 1 aromatic rings. The minimum atomic E-state index is -0.287. The molecular formula is C16H24N4O2. The third-order valence-corrected chi connectivity index (χ3v) is 4.82. The first-order valence-electron chi connectivity index (χ1n) is 8.26. The van der Waals surface area contributed by atoms with Gasteiger partial charge in [0.2, 0.25) is 5.91 Å². The van der Waals surface area contributed by atoms with Crippen LogP contribution in [0.5, 0.6) is 0 Å². The van der Waals surface area contributed by atoms with E-state index >= 15 is 0 Å². The lowest BCUT2D eigenvalue weighted by molar-refractivity contribution is -0.119. The molecule has 1 unspecified atom stereocenters. The molecule has 0 bridgehead atoms. The molecule has 1 aromatic heterocycles. The number of piperidine rings is 1. The Labute approximate surface area is 130 Å². The van der Waals surface area contributed by atoms with Crippen molar-refractivity contribution in [2.75, 3.05) is 13.1 Å². The van der Waals surface area contributed by atoms with Crippen LogP contribution in [0.25, 0.3) is 0 Å². The number of primary amides is 1. The quantitative estimate of drug-likeness (QED) is 0.919. The van der Waals surface area contributed by atoms with Crippen LogP contribution in [0.15, 0.2) is 12.3 Å². The van der Waals surface area contributed by atoms with Crippen molar-refractivity contribution in [2.45, 2.75) is 51.0 Å². The van der Waals surface area contributed by atoms with Crippen LogP contribution in [0.3, 0.4) is 0 Å². The fourth-order valence-corrected chi connectivity index (χ4v) is 3.69. The number of amides is 2. The van der Waals surface area contributed by atoms with Crippen LogP contribution >= 0.6 is 0 Å². The molecule has 1 atom stereocenters. The number of nitrogens with two attached hydrogens (primary N) is 1. The van der Waals surface area contributed by atoms with Gasteiger partial charge in [0.1, 0.15) is 5.69 Å². The summed E-state index contributed by atoms with van der Waals surface area (Å²) in [6.07, 6.45) is 8.97. The second kappa shape index (κ2) is 6.50. The molecule has 1 aliphatic carbocycles. The first-order valence-corrected chi connectivity index (χ1v) is 8.26.